The molecule has 0 aliphatic carbocycles. The van der Waals surface area contributed by atoms with Crippen molar-refractivity contribution in [3.05, 3.63) is 449 Å². The third kappa shape index (κ3) is 12.6. The zero-order chi connectivity index (χ0) is 77.7. The molecule has 23 aromatic rings. The Bertz CT molecular complexity index is 7550. The van der Waals surface area contributed by atoms with E-state index >= 15 is 0 Å². The minimum absolute atomic E-state index is 0.945. The fourth-order valence-electron chi connectivity index (χ4n) is 18.2. The Morgan fingerprint density at radius 1 is 0.197 bits per heavy atom. The summed E-state index contributed by atoms with van der Waals surface area (Å²) in [5.41, 5.74) is 24.2. The van der Waals surface area contributed by atoms with E-state index in [0.29, 0.717) is 0 Å². The van der Waals surface area contributed by atoms with Gasteiger partial charge in [-0.2, -0.15) is 0 Å². The lowest BCUT2D eigenvalue weighted by molar-refractivity contribution is -0.741. The number of para-hydroxylation sites is 3. The highest BCUT2D eigenvalue weighted by Gasteiger charge is 2.23. The van der Waals surface area contributed by atoms with Crippen LogP contribution >= 0.6 is 0 Å². The molecule has 4 heteroatoms. The highest BCUT2D eigenvalue weighted by Crippen LogP contribution is 2.49. The lowest BCUT2D eigenvalue weighted by atomic mass is 9.85. The van der Waals surface area contributed by atoms with Gasteiger partial charge in [0.15, 0.2) is 7.05 Å². The lowest BCUT2D eigenvalue weighted by Crippen LogP contribution is -2.36. The first-order valence-corrected chi connectivity index (χ1v) is 40.2. The van der Waals surface area contributed by atoms with E-state index in [9.17, 15) is 0 Å². The van der Waals surface area contributed by atoms with Crippen molar-refractivity contribution in [2.24, 2.45) is 7.05 Å². The second-order valence-electron chi connectivity index (χ2n) is 30.3. The van der Waals surface area contributed by atoms with E-state index in [1.165, 1.54) is 175 Å². The molecule has 2 heterocycles. The molecular formula is C113H77N4+. The second-order valence-corrected chi connectivity index (χ2v) is 30.3. The Labute approximate surface area is 679 Å². The van der Waals surface area contributed by atoms with Crippen molar-refractivity contribution in [3.63, 3.8) is 0 Å². The summed E-state index contributed by atoms with van der Waals surface area (Å²) in [4.78, 5) is 5.04. The first-order valence-electron chi connectivity index (χ1n) is 40.2. The van der Waals surface area contributed by atoms with Gasteiger partial charge in [-0.3, -0.25) is 4.57 Å². The van der Waals surface area contributed by atoms with Crippen molar-refractivity contribution >= 4 is 108 Å². The molecule has 0 N–H and O–H groups in total. The normalized spacial score (nSPS) is 11.5. The van der Waals surface area contributed by atoms with Gasteiger partial charge in [-0.1, -0.05) is 382 Å². The average molecular weight is 1490 g/mol. The van der Waals surface area contributed by atoms with Gasteiger partial charge in [-0.05, 0) is 225 Å². The monoisotopic (exact) mass is 1490 g/mol. The number of hydrogen-bond donors (Lipinski definition) is 0. The van der Waals surface area contributed by atoms with Gasteiger partial charge in [0.05, 0.1) is 16.4 Å². The summed E-state index contributed by atoms with van der Waals surface area (Å²) in [5, 5.41) is 21.6. The van der Waals surface area contributed by atoms with E-state index in [1.54, 1.807) is 0 Å². The molecule has 23 rings (SSSR count). The molecule has 0 unspecified atom stereocenters. The fourth-order valence-corrected chi connectivity index (χ4v) is 18.2. The molecule has 117 heavy (non-hydrogen) atoms. The van der Waals surface area contributed by atoms with Gasteiger partial charge >= 0.3 is 0 Å². The number of imidazole rings is 1. The van der Waals surface area contributed by atoms with Crippen LogP contribution in [-0.2, 0) is 7.05 Å². The van der Waals surface area contributed by atoms with Gasteiger partial charge in [0.2, 0.25) is 6.20 Å². The van der Waals surface area contributed by atoms with Crippen molar-refractivity contribution in [3.8, 4) is 101 Å². The van der Waals surface area contributed by atoms with Crippen LogP contribution in [0.1, 0.15) is 0 Å². The number of benzene rings is 21. The van der Waals surface area contributed by atoms with Gasteiger partial charge in [-0.15, -0.1) is 9.36 Å². The van der Waals surface area contributed by atoms with E-state index in [0.717, 1.165) is 33.8 Å². The van der Waals surface area contributed by atoms with E-state index in [4.69, 9.17) is 4.98 Å². The zero-order valence-electron chi connectivity index (χ0n) is 64.5. The van der Waals surface area contributed by atoms with Gasteiger partial charge in [-0.25, -0.2) is 4.98 Å². The Kier molecular flexibility index (Phi) is 17.8. The average Bonchev–Trinajstić information content (AvgIpc) is 1.40. The maximum atomic E-state index is 5.04. The van der Waals surface area contributed by atoms with E-state index < -0.39 is 0 Å². The fraction of sp³-hybridized carbons (Fsp3) is 0.00885. The predicted molar refractivity (Wildman–Crippen MR) is 495 cm³/mol. The maximum absolute atomic E-state index is 5.04. The van der Waals surface area contributed by atoms with Crippen LogP contribution in [0, 0.1) is 0 Å². The molecule has 2 aromatic heterocycles. The van der Waals surface area contributed by atoms with Crippen LogP contribution in [0.4, 0.5) is 0 Å². The molecule has 0 saturated carbocycles. The van der Waals surface area contributed by atoms with Crippen molar-refractivity contribution in [1.82, 2.24) is 14.2 Å². The van der Waals surface area contributed by atoms with Gasteiger partial charge in [0.25, 0.3) is 0 Å². The van der Waals surface area contributed by atoms with Crippen LogP contribution in [0.3, 0.4) is 0 Å². The molecule has 0 atom stereocenters. The zero-order valence-corrected chi connectivity index (χ0v) is 64.5. The molecule has 548 valence electrons. The molecule has 0 aliphatic rings. The Balaban J connectivity index is 0.000000112. The van der Waals surface area contributed by atoms with Crippen LogP contribution in [0.25, 0.3) is 209 Å². The number of aromatic nitrogens is 4. The molecule has 0 saturated heterocycles. The van der Waals surface area contributed by atoms with Crippen molar-refractivity contribution < 1.29 is 4.68 Å². The van der Waals surface area contributed by atoms with Crippen LogP contribution in [0.15, 0.2) is 449 Å². The van der Waals surface area contributed by atoms with Crippen molar-refractivity contribution in [2.75, 3.05) is 0 Å². The van der Waals surface area contributed by atoms with E-state index in [2.05, 4.69) is 464 Å². The molecular weight excluding hydrogens is 1410 g/mol. The standard InChI is InChI=1S/C43H28N2.C40H29N2.C30H20/c1-2-13-31(14-3-1)43-44-39-20-10-11-21-40(39)45(43)34-26-24-30(25-27-34)41-35-16-6-8-18-37(35)42(38-19-9-7-17-36(38)41)33-23-22-29-12-4-5-15-32(29)28-33;1-41-27-32-25-24-31(26-38(32)42(41)33-14-6-3-7-15-33)28-20-22-30(23-21-28)40-36-18-10-8-16-34(36)39(29-12-4-2-5-13-29)35-17-9-11-19-37(35)40;1-2-11-22(12-3-1)29-25-14-6-8-16-27(25)30(28-17-9-7-15-26(28)29)24-19-18-21-10-4-5-13-23(21)20-24/h1-28H;2-27H,1H3;1-20H/q;+1;. The highest BCUT2D eigenvalue weighted by molar-refractivity contribution is 6.25. The predicted octanol–water partition coefficient (Wildman–Crippen LogP) is 29.7. The second kappa shape index (κ2) is 30.0. The van der Waals surface area contributed by atoms with Gasteiger partial charge in [0, 0.05) is 11.3 Å². The van der Waals surface area contributed by atoms with Gasteiger partial charge in [0.1, 0.15) is 17.0 Å². The summed E-state index contributed by atoms with van der Waals surface area (Å²) < 4.78 is 6.69. The quantitative estimate of drug-likeness (QED) is 0.0990. The maximum Gasteiger partial charge on any atom is 0.203 e. The Hall–Kier alpha value is -15.4. The summed E-state index contributed by atoms with van der Waals surface area (Å²) in [6.45, 7) is 0. The molecule has 4 nitrogen and oxygen atoms in total. The minimum atomic E-state index is 0.945. The minimum Gasteiger partial charge on any atom is -0.292 e. The largest absolute Gasteiger partial charge is 0.292 e. The van der Waals surface area contributed by atoms with Crippen LogP contribution < -0.4 is 4.68 Å². The number of fused-ring (bicyclic) bond motifs is 10. The summed E-state index contributed by atoms with van der Waals surface area (Å²) in [6, 6.07) is 160. The summed E-state index contributed by atoms with van der Waals surface area (Å²) in [5.74, 6) is 0.945. The summed E-state index contributed by atoms with van der Waals surface area (Å²) in [7, 11) is 2.10. The third-order valence-electron chi connectivity index (χ3n) is 23.4. The highest BCUT2D eigenvalue weighted by atomic mass is 15.4. The summed E-state index contributed by atoms with van der Waals surface area (Å²) >= 11 is 0. The molecule has 0 bridgehead atoms. The molecule has 0 amide bonds. The van der Waals surface area contributed by atoms with Crippen LogP contribution in [0.2, 0.25) is 0 Å². The van der Waals surface area contributed by atoms with Gasteiger partial charge < -0.3 is 0 Å². The van der Waals surface area contributed by atoms with Crippen molar-refractivity contribution in [2.45, 2.75) is 0 Å². The SMILES string of the molecule is C[n+]1cc2ccc(-c3ccc(-c4c5ccccc5c(-c5ccccc5)c5ccccc45)cc3)cc2n1-c1ccccc1.c1ccc(-c2c3ccccc3c(-c3ccc4ccccc4c3)c3ccccc23)cc1.c1ccc(-c2nc3ccccc3n2-c2ccc(-c3c4ccccc4c(-c4ccc5ccccc5c4)c4ccccc34)cc2)cc1. The van der Waals surface area contributed by atoms with Crippen molar-refractivity contribution in [1.29, 1.82) is 0 Å². The molecule has 0 aliphatic heterocycles. The molecule has 0 fully saturated rings. The lowest BCUT2D eigenvalue weighted by Gasteiger charge is -2.18. The molecule has 21 aromatic carbocycles. The first-order chi connectivity index (χ1) is 58.0. The summed E-state index contributed by atoms with van der Waals surface area (Å²) in [6.07, 6.45) is 2.19. The van der Waals surface area contributed by atoms with Crippen LogP contribution in [-0.4, -0.2) is 14.2 Å². The number of hydrogen-bond acceptors (Lipinski definition) is 1. The Morgan fingerprint density at radius 3 is 0.897 bits per heavy atom. The number of aryl methyl sites for hydroxylation is 1. The van der Waals surface area contributed by atoms with E-state index in [-0.39, 0.29) is 0 Å². The number of nitrogens with zero attached hydrogens (tertiary/aromatic N) is 4. The third-order valence-corrected chi connectivity index (χ3v) is 23.4. The van der Waals surface area contributed by atoms with Crippen LogP contribution in [0.5, 0.6) is 0 Å². The Morgan fingerprint density at radius 2 is 0.487 bits per heavy atom. The molecule has 0 radical (unpaired) electrons. The van der Waals surface area contributed by atoms with E-state index in [1.807, 2.05) is 6.07 Å². The topological polar surface area (TPSA) is 26.6 Å². The number of rotatable bonds is 10. The first kappa shape index (κ1) is 69.6. The molecule has 0 spiro atoms. The smallest absolute Gasteiger partial charge is 0.203 e.